The fraction of sp³-hybridized carbons (Fsp3) is 0.250. The summed E-state index contributed by atoms with van der Waals surface area (Å²) in [7, 11) is 1.93. The predicted molar refractivity (Wildman–Crippen MR) is 91.5 cm³/mol. The van der Waals surface area contributed by atoms with Crippen LogP contribution >= 0.6 is 11.3 Å². The van der Waals surface area contributed by atoms with Gasteiger partial charge in [0, 0.05) is 26.3 Å². The highest BCUT2D eigenvalue weighted by Crippen LogP contribution is 2.20. The summed E-state index contributed by atoms with van der Waals surface area (Å²) in [6.45, 7) is 1.43. The van der Waals surface area contributed by atoms with E-state index in [1.165, 1.54) is 4.70 Å². The van der Waals surface area contributed by atoms with Crippen molar-refractivity contribution in [3.8, 4) is 0 Å². The minimum Gasteiger partial charge on any atom is -0.395 e. The zero-order chi connectivity index (χ0) is 15.4. The molecule has 0 bridgehead atoms. The Balaban J connectivity index is 1.63. The lowest BCUT2D eigenvalue weighted by Gasteiger charge is -2.17. The van der Waals surface area contributed by atoms with Crippen LogP contribution in [0.5, 0.6) is 0 Å². The number of aliphatic hydroxyl groups excluding tert-OH is 1. The van der Waals surface area contributed by atoms with Gasteiger partial charge in [-0.15, -0.1) is 11.3 Å². The molecule has 0 fully saturated rings. The Hall–Kier alpha value is -2.18. The van der Waals surface area contributed by atoms with Crippen molar-refractivity contribution in [1.82, 2.24) is 9.97 Å². The van der Waals surface area contributed by atoms with Gasteiger partial charge in [0.1, 0.15) is 5.82 Å². The molecule has 6 heteroatoms. The first-order valence-corrected chi connectivity index (χ1v) is 7.98. The zero-order valence-electron chi connectivity index (χ0n) is 12.4. The Bertz CT molecular complexity index is 741. The first-order valence-electron chi connectivity index (χ1n) is 7.10. The lowest BCUT2D eigenvalue weighted by Crippen LogP contribution is -2.21. The lowest BCUT2D eigenvalue weighted by atomic mass is 10.2. The van der Waals surface area contributed by atoms with Crippen molar-refractivity contribution in [2.75, 3.05) is 30.4 Å². The lowest BCUT2D eigenvalue weighted by molar-refractivity contribution is 0.304. The molecule has 3 aromatic heterocycles. The number of fused-ring (bicyclic) bond motifs is 1. The van der Waals surface area contributed by atoms with E-state index in [0.29, 0.717) is 13.1 Å². The second kappa shape index (κ2) is 6.72. The number of aromatic nitrogens is 2. The molecular formula is C16H18N4OS. The van der Waals surface area contributed by atoms with Crippen molar-refractivity contribution >= 4 is 33.1 Å². The van der Waals surface area contributed by atoms with E-state index in [1.54, 1.807) is 17.5 Å². The number of nitrogens with zero attached hydrogens (tertiary/aromatic N) is 3. The van der Waals surface area contributed by atoms with Crippen LogP contribution in [0, 0.1) is 0 Å². The van der Waals surface area contributed by atoms with Gasteiger partial charge in [0.05, 0.1) is 28.7 Å². The second-order valence-electron chi connectivity index (χ2n) is 5.05. The molecule has 0 spiro atoms. The van der Waals surface area contributed by atoms with Crippen LogP contribution in [0.2, 0.25) is 0 Å². The van der Waals surface area contributed by atoms with Crippen LogP contribution in [0.4, 0.5) is 11.5 Å². The molecule has 0 saturated heterocycles. The molecule has 0 aliphatic carbocycles. The largest absolute Gasteiger partial charge is 0.395 e. The van der Waals surface area contributed by atoms with Crippen molar-refractivity contribution in [2.24, 2.45) is 0 Å². The van der Waals surface area contributed by atoms with Crippen molar-refractivity contribution in [3.05, 3.63) is 47.6 Å². The Morgan fingerprint density at radius 1 is 1.23 bits per heavy atom. The van der Waals surface area contributed by atoms with Gasteiger partial charge in [-0.05, 0) is 35.2 Å². The van der Waals surface area contributed by atoms with Crippen molar-refractivity contribution < 1.29 is 5.11 Å². The van der Waals surface area contributed by atoms with Crippen LogP contribution in [0.3, 0.4) is 0 Å². The van der Waals surface area contributed by atoms with Crippen molar-refractivity contribution in [1.29, 1.82) is 0 Å². The maximum atomic E-state index is 8.94. The van der Waals surface area contributed by atoms with E-state index >= 15 is 0 Å². The third-order valence-corrected chi connectivity index (χ3v) is 4.31. The van der Waals surface area contributed by atoms with Crippen LogP contribution in [0.25, 0.3) is 10.2 Å². The highest BCUT2D eigenvalue weighted by atomic mass is 32.1. The normalized spacial score (nSPS) is 10.8. The van der Waals surface area contributed by atoms with Gasteiger partial charge in [0.15, 0.2) is 0 Å². The minimum absolute atomic E-state index is 0.134. The molecule has 0 amide bonds. The number of likely N-dealkylation sites (N-methyl/N-ethyl adjacent to an activating group) is 1. The minimum atomic E-state index is 0.134. The summed E-state index contributed by atoms with van der Waals surface area (Å²) >= 11 is 1.70. The standard InChI is InChI=1S/C16H18N4OS/c1-20(5-6-21)13-2-3-16(19-11-13)18-10-12-8-15-14(17-9-12)4-7-22-15/h2-4,7-9,11,21H,5-6,10H2,1H3,(H,18,19). The first kappa shape index (κ1) is 14.7. The average Bonchev–Trinajstić information content (AvgIpc) is 3.01. The molecule has 0 aliphatic heterocycles. The van der Waals surface area contributed by atoms with Crippen LogP contribution < -0.4 is 10.2 Å². The maximum Gasteiger partial charge on any atom is 0.126 e. The summed E-state index contributed by atoms with van der Waals surface area (Å²) < 4.78 is 1.20. The molecular weight excluding hydrogens is 296 g/mol. The maximum absolute atomic E-state index is 8.94. The molecule has 3 aromatic rings. The average molecular weight is 314 g/mol. The number of hydrogen-bond donors (Lipinski definition) is 2. The van der Waals surface area contributed by atoms with Gasteiger partial charge < -0.3 is 15.3 Å². The molecule has 0 radical (unpaired) electrons. The molecule has 0 atom stereocenters. The van der Waals surface area contributed by atoms with Crippen LogP contribution in [-0.2, 0) is 6.54 Å². The number of pyridine rings is 2. The Labute approximate surface area is 133 Å². The number of hydrogen-bond acceptors (Lipinski definition) is 6. The van der Waals surface area contributed by atoms with Gasteiger partial charge >= 0.3 is 0 Å². The SMILES string of the molecule is CN(CCO)c1ccc(NCc2cnc3ccsc3c2)nc1. The Kier molecular flexibility index (Phi) is 4.50. The molecule has 2 N–H and O–H groups in total. The van der Waals surface area contributed by atoms with E-state index in [2.05, 4.69) is 26.7 Å². The summed E-state index contributed by atoms with van der Waals surface area (Å²) in [6, 6.07) is 8.12. The number of anilines is 2. The van der Waals surface area contributed by atoms with Gasteiger partial charge in [-0.3, -0.25) is 4.98 Å². The highest BCUT2D eigenvalue weighted by molar-refractivity contribution is 7.17. The third-order valence-electron chi connectivity index (χ3n) is 3.46. The molecule has 114 valence electrons. The van der Waals surface area contributed by atoms with Gasteiger partial charge in [-0.1, -0.05) is 0 Å². The molecule has 22 heavy (non-hydrogen) atoms. The van der Waals surface area contributed by atoms with Crippen molar-refractivity contribution in [3.63, 3.8) is 0 Å². The summed E-state index contributed by atoms with van der Waals surface area (Å²) in [5.41, 5.74) is 3.17. The Morgan fingerprint density at radius 3 is 2.91 bits per heavy atom. The molecule has 3 rings (SSSR count). The fourth-order valence-corrected chi connectivity index (χ4v) is 2.98. The molecule has 3 heterocycles. The summed E-state index contributed by atoms with van der Waals surface area (Å²) in [5.74, 6) is 0.826. The summed E-state index contributed by atoms with van der Waals surface area (Å²) in [6.07, 6.45) is 3.70. The van der Waals surface area contributed by atoms with Gasteiger partial charge in [-0.25, -0.2) is 4.98 Å². The van der Waals surface area contributed by atoms with Crippen LogP contribution in [0.1, 0.15) is 5.56 Å². The first-order chi connectivity index (χ1) is 10.8. The number of nitrogens with one attached hydrogen (secondary N) is 1. The molecule has 0 unspecified atom stereocenters. The number of aliphatic hydroxyl groups is 1. The predicted octanol–water partition coefficient (Wildman–Crippen LogP) is 2.73. The van der Waals surface area contributed by atoms with Crippen molar-refractivity contribution in [2.45, 2.75) is 6.54 Å². The van der Waals surface area contributed by atoms with Gasteiger partial charge in [0.2, 0.25) is 0 Å². The topological polar surface area (TPSA) is 61.3 Å². The van der Waals surface area contributed by atoms with Crippen LogP contribution in [-0.4, -0.2) is 35.3 Å². The molecule has 0 saturated carbocycles. The summed E-state index contributed by atoms with van der Waals surface area (Å²) in [4.78, 5) is 10.8. The smallest absolute Gasteiger partial charge is 0.126 e. The van der Waals surface area contributed by atoms with E-state index < -0.39 is 0 Å². The Morgan fingerprint density at radius 2 is 2.14 bits per heavy atom. The summed E-state index contributed by atoms with van der Waals surface area (Å²) in [5, 5.41) is 14.3. The van der Waals surface area contributed by atoms with Gasteiger partial charge in [0.25, 0.3) is 0 Å². The van der Waals surface area contributed by atoms with Gasteiger partial charge in [-0.2, -0.15) is 0 Å². The molecule has 0 aliphatic rings. The quantitative estimate of drug-likeness (QED) is 0.732. The number of rotatable bonds is 6. The van der Waals surface area contributed by atoms with E-state index in [9.17, 15) is 0 Å². The highest BCUT2D eigenvalue weighted by Gasteiger charge is 2.02. The van der Waals surface area contributed by atoms with Crippen LogP contribution in [0.15, 0.2) is 42.0 Å². The fourth-order valence-electron chi connectivity index (χ4n) is 2.17. The third kappa shape index (κ3) is 3.35. The second-order valence-corrected chi connectivity index (χ2v) is 6.00. The molecule has 0 aromatic carbocycles. The zero-order valence-corrected chi connectivity index (χ0v) is 13.2. The van der Waals surface area contributed by atoms with E-state index in [0.717, 1.165) is 22.6 Å². The number of thiophene rings is 1. The monoisotopic (exact) mass is 314 g/mol. The van der Waals surface area contributed by atoms with E-state index in [1.807, 2.05) is 36.3 Å². The van der Waals surface area contributed by atoms with E-state index in [-0.39, 0.29) is 6.61 Å². The van der Waals surface area contributed by atoms with E-state index in [4.69, 9.17) is 5.11 Å². The molecule has 5 nitrogen and oxygen atoms in total.